The predicted molar refractivity (Wildman–Crippen MR) is 205 cm³/mol. The molecule has 0 saturated heterocycles. The molecule has 0 fully saturated rings. The topological polar surface area (TPSA) is 68.3 Å². The quantitative estimate of drug-likeness (QED) is 0.0753. The molecule has 252 valence electrons. The van der Waals surface area contributed by atoms with Crippen molar-refractivity contribution in [3.8, 4) is 0 Å². The lowest BCUT2D eigenvalue weighted by Crippen LogP contribution is -2.06. The Morgan fingerprint density at radius 3 is 1.02 bits per heavy atom. The van der Waals surface area contributed by atoms with Crippen LogP contribution in [0.3, 0.4) is 0 Å². The molecule has 0 spiro atoms. The van der Waals surface area contributed by atoms with Crippen molar-refractivity contribution in [1.82, 2.24) is 0 Å². The highest BCUT2D eigenvalue weighted by atomic mass is 32.2. The van der Waals surface area contributed by atoms with Gasteiger partial charge in [0.05, 0.1) is 21.3 Å². The fourth-order valence-electron chi connectivity index (χ4n) is 7.24. The van der Waals surface area contributed by atoms with Crippen LogP contribution in [0.5, 0.6) is 0 Å². The van der Waals surface area contributed by atoms with E-state index in [9.17, 15) is 16.8 Å². The number of sulfone groups is 2. The third-order valence-electron chi connectivity index (χ3n) is 10.0. The normalized spacial score (nSPS) is 12.6. The Morgan fingerprint density at radius 2 is 0.646 bits per heavy atom. The number of rotatable bonds is 16. The lowest BCUT2D eigenvalue weighted by Gasteiger charge is -2.13. The molecule has 0 radical (unpaired) electrons. The van der Waals surface area contributed by atoms with Gasteiger partial charge in [0.1, 0.15) is 0 Å². The first kappa shape index (κ1) is 34.4. The molecule has 0 saturated carbocycles. The van der Waals surface area contributed by atoms with Crippen LogP contribution in [0.25, 0.3) is 53.9 Å². The van der Waals surface area contributed by atoms with E-state index in [2.05, 4.69) is 50.2 Å². The van der Waals surface area contributed by atoms with Crippen molar-refractivity contribution in [3.63, 3.8) is 0 Å². The molecule has 0 heterocycles. The van der Waals surface area contributed by atoms with Crippen LogP contribution in [0.4, 0.5) is 0 Å². The number of fused-ring (bicyclic) bond motifs is 9. The second-order valence-electron chi connectivity index (χ2n) is 13.5. The van der Waals surface area contributed by atoms with Gasteiger partial charge in [0.25, 0.3) is 0 Å². The molecule has 48 heavy (non-hydrogen) atoms. The zero-order chi connectivity index (χ0) is 33.7. The summed E-state index contributed by atoms with van der Waals surface area (Å²) in [5.74, 6) is 0.391. The molecule has 0 aliphatic rings. The van der Waals surface area contributed by atoms with Gasteiger partial charge in [0, 0.05) is 0 Å². The third kappa shape index (κ3) is 7.25. The van der Waals surface area contributed by atoms with Gasteiger partial charge in [0.2, 0.25) is 0 Å². The lowest BCUT2D eigenvalue weighted by molar-refractivity contribution is 0.582. The molecule has 0 N–H and O–H groups in total. The van der Waals surface area contributed by atoms with Crippen molar-refractivity contribution in [3.05, 3.63) is 84.9 Å². The Balaban J connectivity index is 1.27. The van der Waals surface area contributed by atoms with Gasteiger partial charge in [0.15, 0.2) is 19.7 Å². The van der Waals surface area contributed by atoms with Crippen molar-refractivity contribution in [2.24, 2.45) is 0 Å². The van der Waals surface area contributed by atoms with Gasteiger partial charge in [-0.1, -0.05) is 139 Å². The van der Waals surface area contributed by atoms with E-state index in [0.29, 0.717) is 22.6 Å². The summed E-state index contributed by atoms with van der Waals surface area (Å²) in [6, 6.07) is 28.0. The maximum atomic E-state index is 13.1. The average molecular weight is 681 g/mol. The van der Waals surface area contributed by atoms with E-state index < -0.39 is 19.7 Å². The van der Waals surface area contributed by atoms with Crippen LogP contribution < -0.4 is 0 Å². The van der Waals surface area contributed by atoms with Crippen LogP contribution in [0.1, 0.15) is 90.9 Å². The number of benzene rings is 6. The Labute approximate surface area is 286 Å². The first-order chi connectivity index (χ1) is 23.2. The average Bonchev–Trinajstić information content (AvgIpc) is 3.10. The molecule has 0 aliphatic carbocycles. The van der Waals surface area contributed by atoms with Crippen molar-refractivity contribution < 1.29 is 16.8 Å². The maximum Gasteiger partial charge on any atom is 0.178 e. The molecule has 6 rings (SSSR count). The van der Waals surface area contributed by atoms with Gasteiger partial charge >= 0.3 is 0 Å². The molecule has 0 bridgehead atoms. The fourth-order valence-corrected chi connectivity index (χ4v) is 10.0. The number of unbranched alkanes of at least 4 members (excludes halogenated alkanes) is 10. The molecule has 0 aromatic heterocycles. The summed E-state index contributed by atoms with van der Waals surface area (Å²) in [5.41, 5.74) is 0. The molecule has 6 aromatic rings. The fraction of sp³-hybridized carbons (Fsp3) is 0.381. The summed E-state index contributed by atoms with van der Waals surface area (Å²) < 4.78 is 52.6. The smallest absolute Gasteiger partial charge is 0.178 e. The van der Waals surface area contributed by atoms with E-state index >= 15 is 0 Å². The number of hydrogen-bond donors (Lipinski definition) is 0. The van der Waals surface area contributed by atoms with E-state index in [-0.39, 0.29) is 11.5 Å². The molecule has 6 heteroatoms. The van der Waals surface area contributed by atoms with Crippen LogP contribution in [0.15, 0.2) is 94.7 Å². The predicted octanol–water partition coefficient (Wildman–Crippen LogP) is 11.7. The SMILES string of the molecule is CCCCCCCCS(=O)(=O)c1ccc2c(ccc3c2ccc2c4ccc5cc(S(=O)(=O)CCCCCCCC)ccc5c4ccc32)c1. The van der Waals surface area contributed by atoms with E-state index in [0.717, 1.165) is 79.5 Å². The second kappa shape index (κ2) is 15.0. The van der Waals surface area contributed by atoms with Gasteiger partial charge < -0.3 is 0 Å². The van der Waals surface area contributed by atoms with E-state index in [1.165, 1.54) is 38.5 Å². The molecule has 0 aliphatic heterocycles. The van der Waals surface area contributed by atoms with E-state index in [4.69, 9.17) is 0 Å². The largest absolute Gasteiger partial charge is 0.224 e. The van der Waals surface area contributed by atoms with Crippen molar-refractivity contribution >= 4 is 73.5 Å². The summed E-state index contributed by atoms with van der Waals surface area (Å²) in [6.07, 6.45) is 12.6. The lowest BCUT2D eigenvalue weighted by atomic mass is 9.92. The molecular formula is C42H48O4S2. The van der Waals surface area contributed by atoms with Crippen LogP contribution in [0.2, 0.25) is 0 Å². The van der Waals surface area contributed by atoms with Crippen LogP contribution in [-0.4, -0.2) is 28.3 Å². The minimum absolute atomic E-state index is 0.195. The summed E-state index contributed by atoms with van der Waals surface area (Å²) in [6.45, 7) is 4.37. The first-order valence-corrected chi connectivity index (χ1v) is 21.2. The minimum atomic E-state index is -3.33. The molecule has 0 amide bonds. The second-order valence-corrected chi connectivity index (χ2v) is 17.7. The highest BCUT2D eigenvalue weighted by Gasteiger charge is 2.17. The molecular weight excluding hydrogens is 633 g/mol. The summed E-state index contributed by atoms with van der Waals surface area (Å²) >= 11 is 0. The van der Waals surface area contributed by atoms with Gasteiger partial charge in [-0.3, -0.25) is 0 Å². The highest BCUT2D eigenvalue weighted by Crippen LogP contribution is 2.38. The monoisotopic (exact) mass is 680 g/mol. The Kier molecular flexibility index (Phi) is 10.7. The standard InChI is InChI=1S/C42H48O4S2/c1-3-5-7-9-11-13-27-47(43,44)33-17-21-35-31(29-33)15-19-39-37(35)23-25-42-40-20-16-32-30-34(18-22-36(32)38(40)24-26-41(39)42)48(45,46)28-14-12-10-8-6-4-2/h15-26,29-30H,3-14,27-28H2,1-2H3. The van der Waals surface area contributed by atoms with Crippen molar-refractivity contribution in [2.75, 3.05) is 11.5 Å². The van der Waals surface area contributed by atoms with Crippen LogP contribution in [0, 0.1) is 0 Å². The molecule has 0 unspecified atom stereocenters. The summed E-state index contributed by atoms with van der Waals surface area (Å²) in [7, 11) is -6.66. The van der Waals surface area contributed by atoms with E-state index in [1.54, 1.807) is 12.1 Å². The zero-order valence-electron chi connectivity index (χ0n) is 28.4. The zero-order valence-corrected chi connectivity index (χ0v) is 30.1. The van der Waals surface area contributed by atoms with Crippen LogP contribution in [-0.2, 0) is 19.7 Å². The van der Waals surface area contributed by atoms with E-state index in [1.807, 2.05) is 36.4 Å². The third-order valence-corrected chi connectivity index (χ3v) is 13.6. The van der Waals surface area contributed by atoms with Gasteiger partial charge in [-0.15, -0.1) is 0 Å². The Hall–Kier alpha value is -3.48. The summed E-state index contributed by atoms with van der Waals surface area (Å²) in [4.78, 5) is 0.805. The van der Waals surface area contributed by atoms with Crippen molar-refractivity contribution in [1.29, 1.82) is 0 Å². The first-order valence-electron chi connectivity index (χ1n) is 17.9. The van der Waals surface area contributed by atoms with Gasteiger partial charge in [-0.05, 0) is 91.0 Å². The molecule has 6 aromatic carbocycles. The maximum absolute atomic E-state index is 13.1. The van der Waals surface area contributed by atoms with Crippen LogP contribution >= 0.6 is 0 Å². The Morgan fingerprint density at radius 1 is 0.354 bits per heavy atom. The van der Waals surface area contributed by atoms with Gasteiger partial charge in [-0.2, -0.15) is 0 Å². The van der Waals surface area contributed by atoms with Crippen molar-refractivity contribution in [2.45, 2.75) is 101 Å². The molecule has 4 nitrogen and oxygen atoms in total. The van der Waals surface area contributed by atoms with Gasteiger partial charge in [-0.25, -0.2) is 16.8 Å². The minimum Gasteiger partial charge on any atom is -0.224 e. The highest BCUT2D eigenvalue weighted by molar-refractivity contribution is 7.91. The Bertz CT molecular complexity index is 2140. The summed E-state index contributed by atoms with van der Waals surface area (Å²) in [5, 5.41) is 10.7. The molecule has 0 atom stereocenters. The number of hydrogen-bond acceptors (Lipinski definition) is 4.